The Morgan fingerprint density at radius 1 is 0.980 bits per heavy atom. The molecule has 0 saturated heterocycles. The van der Waals surface area contributed by atoms with Gasteiger partial charge in [0.2, 0.25) is 11.8 Å². The van der Waals surface area contributed by atoms with E-state index in [0.29, 0.717) is 61.3 Å². The zero-order chi connectivity index (χ0) is 35.3. The van der Waals surface area contributed by atoms with E-state index in [1.165, 1.54) is 20.3 Å². The highest BCUT2D eigenvalue weighted by Crippen LogP contribution is 2.44. The summed E-state index contributed by atoms with van der Waals surface area (Å²) in [5.74, 6) is -2.04. The molecule has 1 aliphatic heterocycles. The molecule has 260 valence electrons. The number of rotatable bonds is 10. The molecule has 4 N–H and O–H groups in total. The normalized spacial score (nSPS) is 16.0. The second-order valence-corrected chi connectivity index (χ2v) is 11.9. The van der Waals surface area contributed by atoms with Crippen LogP contribution < -0.4 is 20.1 Å². The molecular weight excluding hydrogens is 628 g/mol. The molecule has 0 saturated carbocycles. The van der Waals surface area contributed by atoms with E-state index in [1.54, 1.807) is 67.6 Å². The Morgan fingerprint density at radius 2 is 1.71 bits per heavy atom. The molecular formula is C38H44N2O9. The van der Waals surface area contributed by atoms with Gasteiger partial charge in [0, 0.05) is 43.7 Å². The smallest absolute Gasteiger partial charge is 0.342 e. The Kier molecular flexibility index (Phi) is 13.2. The Morgan fingerprint density at radius 3 is 2.45 bits per heavy atom. The summed E-state index contributed by atoms with van der Waals surface area (Å²) in [7, 11) is 3.02. The number of phenols is 2. The minimum atomic E-state index is -0.896. The molecule has 0 spiro atoms. The Hall–Kier alpha value is -5.32. The highest BCUT2D eigenvalue weighted by atomic mass is 16.5. The Balaban J connectivity index is 1.62. The summed E-state index contributed by atoms with van der Waals surface area (Å²) < 4.78 is 16.3. The summed E-state index contributed by atoms with van der Waals surface area (Å²) in [6.45, 7) is 1.75. The zero-order valence-corrected chi connectivity index (χ0v) is 28.1. The Labute approximate surface area is 286 Å². The van der Waals surface area contributed by atoms with Crippen LogP contribution in [0.15, 0.2) is 60.7 Å². The van der Waals surface area contributed by atoms with Gasteiger partial charge in [-0.25, -0.2) is 4.79 Å². The lowest BCUT2D eigenvalue weighted by Gasteiger charge is -2.23. The zero-order valence-electron chi connectivity index (χ0n) is 28.1. The van der Waals surface area contributed by atoms with E-state index < -0.39 is 29.6 Å². The number of esters is 1. The molecule has 1 heterocycles. The maximum Gasteiger partial charge on any atom is 0.342 e. The quantitative estimate of drug-likeness (QED) is 0.182. The maximum atomic E-state index is 13.6. The van der Waals surface area contributed by atoms with Crippen molar-refractivity contribution in [1.29, 1.82) is 0 Å². The number of ether oxygens (including phenoxy) is 3. The van der Waals surface area contributed by atoms with Crippen LogP contribution in [-0.2, 0) is 19.1 Å². The van der Waals surface area contributed by atoms with Gasteiger partial charge in [-0.1, -0.05) is 36.4 Å². The summed E-state index contributed by atoms with van der Waals surface area (Å²) in [6.07, 6.45) is 5.72. The molecule has 2 atom stereocenters. The summed E-state index contributed by atoms with van der Waals surface area (Å²) in [6, 6.07) is 15.2. The lowest BCUT2D eigenvalue weighted by molar-refractivity contribution is -0.121. The van der Waals surface area contributed by atoms with Crippen molar-refractivity contribution in [1.82, 2.24) is 5.32 Å². The van der Waals surface area contributed by atoms with Crippen LogP contribution in [0, 0.1) is 0 Å². The first-order valence-corrected chi connectivity index (χ1v) is 16.4. The van der Waals surface area contributed by atoms with Gasteiger partial charge in [-0.05, 0) is 74.1 Å². The first-order chi connectivity index (χ1) is 23.6. The number of para-hydroxylation sites is 2. The summed E-state index contributed by atoms with van der Waals surface area (Å²) in [5, 5.41) is 28.6. The van der Waals surface area contributed by atoms with Crippen molar-refractivity contribution >= 4 is 35.3 Å². The highest BCUT2D eigenvalue weighted by molar-refractivity contribution is 5.98. The molecule has 11 nitrogen and oxygen atoms in total. The molecule has 4 rings (SSSR count). The summed E-state index contributed by atoms with van der Waals surface area (Å²) in [5.41, 5.74) is 1.18. The van der Waals surface area contributed by atoms with Gasteiger partial charge in [0.25, 0.3) is 0 Å². The number of phenolic OH excluding ortho intramolecular Hbond substituents is 2. The molecule has 3 aromatic carbocycles. The number of aromatic hydroxyl groups is 2. The SMILES string of the molecule is COc1ccc(C(CC(=O)NCCC(=O)Nc2ccccc2OC)c2c(O)cc3c(c2O)C(=O)O[C@@H](C)CCCC(=O)CCCC=C3)cc1. The predicted molar refractivity (Wildman–Crippen MR) is 185 cm³/mol. The first kappa shape index (κ1) is 36.5. The number of amides is 2. The monoisotopic (exact) mass is 672 g/mol. The van der Waals surface area contributed by atoms with Crippen molar-refractivity contribution in [2.24, 2.45) is 0 Å². The van der Waals surface area contributed by atoms with Gasteiger partial charge in [0.15, 0.2) is 0 Å². The van der Waals surface area contributed by atoms with Crippen molar-refractivity contribution in [3.05, 3.63) is 82.9 Å². The van der Waals surface area contributed by atoms with Crippen LogP contribution in [0.5, 0.6) is 23.0 Å². The predicted octanol–water partition coefficient (Wildman–Crippen LogP) is 6.26. The fraction of sp³-hybridized carbons (Fsp3) is 0.368. The van der Waals surface area contributed by atoms with Crippen LogP contribution in [-0.4, -0.2) is 60.6 Å². The average molecular weight is 673 g/mol. The maximum absolute atomic E-state index is 13.6. The molecule has 11 heteroatoms. The van der Waals surface area contributed by atoms with Gasteiger partial charge in [0.1, 0.15) is 34.3 Å². The van der Waals surface area contributed by atoms with Gasteiger partial charge < -0.3 is 35.1 Å². The minimum Gasteiger partial charge on any atom is -0.507 e. The van der Waals surface area contributed by atoms with E-state index in [2.05, 4.69) is 10.6 Å². The first-order valence-electron chi connectivity index (χ1n) is 16.4. The third-order valence-electron chi connectivity index (χ3n) is 8.36. The number of carbonyl (C=O) groups excluding carboxylic acids is 4. The lowest BCUT2D eigenvalue weighted by atomic mass is 9.84. The van der Waals surface area contributed by atoms with E-state index in [1.807, 2.05) is 0 Å². The molecule has 0 bridgehead atoms. The molecule has 0 aromatic heterocycles. The fourth-order valence-corrected chi connectivity index (χ4v) is 5.78. The standard InChI is InChI=1S/C38H44N2O9/c1-24-10-9-13-27(41)12-6-4-5-11-26-22-31(42)36(37(45)35(26)38(46)49-24)29(25-16-18-28(47-2)19-17-25)23-34(44)39-21-20-33(43)40-30-14-7-8-15-32(30)48-3/h5,7-8,11,14-19,22,24,29,42,45H,4,6,9-10,12-13,20-21,23H2,1-3H3,(H,39,44)(H,40,43)/t24-,29?/m0/s1. The fourth-order valence-electron chi connectivity index (χ4n) is 5.78. The molecule has 0 aliphatic carbocycles. The van der Waals surface area contributed by atoms with E-state index in [0.717, 1.165) is 0 Å². The van der Waals surface area contributed by atoms with Gasteiger partial charge in [0.05, 0.1) is 26.0 Å². The largest absolute Gasteiger partial charge is 0.507 e. The Bertz CT molecular complexity index is 1670. The van der Waals surface area contributed by atoms with Crippen LogP contribution >= 0.6 is 0 Å². The van der Waals surface area contributed by atoms with Crippen molar-refractivity contribution < 1.29 is 43.6 Å². The van der Waals surface area contributed by atoms with Crippen molar-refractivity contribution in [2.45, 2.75) is 70.3 Å². The summed E-state index contributed by atoms with van der Waals surface area (Å²) >= 11 is 0. The number of nitrogens with one attached hydrogen (secondary N) is 2. The number of hydrogen-bond acceptors (Lipinski definition) is 9. The molecule has 2 amide bonds. The van der Waals surface area contributed by atoms with E-state index >= 15 is 0 Å². The van der Waals surface area contributed by atoms with Crippen molar-refractivity contribution in [2.75, 3.05) is 26.1 Å². The third-order valence-corrected chi connectivity index (χ3v) is 8.36. The number of anilines is 1. The number of methoxy groups -OCH3 is 2. The van der Waals surface area contributed by atoms with Gasteiger partial charge in [-0.2, -0.15) is 0 Å². The van der Waals surface area contributed by atoms with Crippen molar-refractivity contribution in [3.63, 3.8) is 0 Å². The summed E-state index contributed by atoms with van der Waals surface area (Å²) in [4.78, 5) is 51.7. The number of ketones is 1. The molecule has 49 heavy (non-hydrogen) atoms. The molecule has 0 radical (unpaired) electrons. The van der Waals surface area contributed by atoms with Gasteiger partial charge >= 0.3 is 5.97 Å². The van der Waals surface area contributed by atoms with Crippen LogP contribution in [0.1, 0.15) is 91.3 Å². The van der Waals surface area contributed by atoms with E-state index in [-0.39, 0.29) is 53.5 Å². The topological polar surface area (TPSA) is 160 Å². The number of fused-ring (bicyclic) bond motifs is 1. The number of Topliss-reactive ketones (excluding diaryl/α,β-unsaturated/α-hetero) is 1. The number of hydrogen-bond donors (Lipinski definition) is 4. The molecule has 1 unspecified atom stereocenters. The highest BCUT2D eigenvalue weighted by Gasteiger charge is 2.31. The van der Waals surface area contributed by atoms with Crippen LogP contribution in [0.25, 0.3) is 6.08 Å². The lowest BCUT2D eigenvalue weighted by Crippen LogP contribution is -2.29. The van der Waals surface area contributed by atoms with Crippen LogP contribution in [0.4, 0.5) is 5.69 Å². The molecule has 1 aliphatic rings. The van der Waals surface area contributed by atoms with Crippen molar-refractivity contribution in [3.8, 4) is 23.0 Å². The van der Waals surface area contributed by atoms with Gasteiger partial charge in [-0.15, -0.1) is 0 Å². The second-order valence-electron chi connectivity index (χ2n) is 11.9. The molecule has 0 fully saturated rings. The molecule has 3 aromatic rings. The average Bonchev–Trinajstić information content (AvgIpc) is 3.07. The number of benzene rings is 3. The van der Waals surface area contributed by atoms with E-state index in [4.69, 9.17) is 14.2 Å². The number of allylic oxidation sites excluding steroid dienone is 1. The third kappa shape index (κ3) is 10.1. The van der Waals surface area contributed by atoms with Crippen LogP contribution in [0.3, 0.4) is 0 Å². The minimum absolute atomic E-state index is 0.0160. The van der Waals surface area contributed by atoms with Crippen LogP contribution in [0.2, 0.25) is 0 Å². The van der Waals surface area contributed by atoms with Gasteiger partial charge in [-0.3, -0.25) is 14.4 Å². The number of carbonyl (C=O) groups is 4. The van der Waals surface area contributed by atoms with E-state index in [9.17, 15) is 29.4 Å². The second kappa shape index (κ2) is 17.7. The number of cyclic esters (lactones) is 1.